The molecule has 0 N–H and O–H groups in total. The zero-order valence-electron chi connectivity index (χ0n) is 15.7. The van der Waals surface area contributed by atoms with Crippen LogP contribution in [0.3, 0.4) is 0 Å². The van der Waals surface area contributed by atoms with Gasteiger partial charge in [0, 0.05) is 12.1 Å². The van der Waals surface area contributed by atoms with E-state index >= 15 is 0 Å². The summed E-state index contributed by atoms with van der Waals surface area (Å²) in [4.78, 5) is 40.8. The molecule has 0 aromatic heterocycles. The van der Waals surface area contributed by atoms with Gasteiger partial charge in [0.1, 0.15) is 11.9 Å². The van der Waals surface area contributed by atoms with Gasteiger partial charge in [-0.25, -0.2) is 4.39 Å². The Bertz CT molecular complexity index is 1070. The van der Waals surface area contributed by atoms with Gasteiger partial charge in [0.05, 0.1) is 24.1 Å². The number of carbonyl (C=O) groups excluding carboxylic acids is 3. The van der Waals surface area contributed by atoms with E-state index in [1.54, 1.807) is 18.1 Å². The summed E-state index contributed by atoms with van der Waals surface area (Å²) in [6.07, 6.45) is 1.66. The number of halogens is 1. The molecule has 5 rings (SSSR count). The van der Waals surface area contributed by atoms with Crippen molar-refractivity contribution in [2.45, 2.75) is 19.0 Å². The Labute approximate surface area is 166 Å². The fourth-order valence-electron chi connectivity index (χ4n) is 4.83. The van der Waals surface area contributed by atoms with Crippen LogP contribution in [-0.2, 0) is 9.59 Å². The van der Waals surface area contributed by atoms with Gasteiger partial charge in [0.2, 0.25) is 11.8 Å². The third-order valence-electron chi connectivity index (χ3n) is 6.10. The molecule has 2 fully saturated rings. The Hall–Kier alpha value is -3.35. The maximum atomic E-state index is 13.4. The van der Waals surface area contributed by atoms with E-state index in [4.69, 9.17) is 0 Å². The zero-order chi connectivity index (χ0) is 20.3. The lowest BCUT2D eigenvalue weighted by Gasteiger charge is -2.33. The molecular weight excluding hydrogens is 373 g/mol. The number of ketones is 1. The summed E-state index contributed by atoms with van der Waals surface area (Å²) in [5.74, 6) is -2.87. The van der Waals surface area contributed by atoms with Crippen molar-refractivity contribution in [3.63, 3.8) is 0 Å². The van der Waals surface area contributed by atoms with Crippen molar-refractivity contribution in [1.82, 2.24) is 9.91 Å². The largest absolute Gasteiger partial charge is 0.292 e. The first-order chi connectivity index (χ1) is 14.0. The van der Waals surface area contributed by atoms with Crippen molar-refractivity contribution in [2.75, 3.05) is 6.54 Å². The molecule has 4 atom stereocenters. The summed E-state index contributed by atoms with van der Waals surface area (Å²) >= 11 is 0. The number of hydrazone groups is 1. The second kappa shape index (κ2) is 6.34. The highest BCUT2D eigenvalue weighted by molar-refractivity contribution is 6.12. The Morgan fingerprint density at radius 2 is 1.72 bits per heavy atom. The molecular formula is C22H18FN3O3. The normalized spacial score (nSPS) is 27.1. The average molecular weight is 391 g/mol. The topological polar surface area (TPSA) is 70.1 Å². The van der Waals surface area contributed by atoms with E-state index in [0.717, 1.165) is 11.1 Å². The first-order valence-electron chi connectivity index (χ1n) is 9.59. The summed E-state index contributed by atoms with van der Waals surface area (Å²) in [6.45, 7) is 2.01. The van der Waals surface area contributed by atoms with E-state index < -0.39 is 29.7 Å². The lowest BCUT2D eigenvalue weighted by atomic mass is 9.83. The second-order valence-electron chi connectivity index (χ2n) is 7.49. The molecule has 2 saturated heterocycles. The molecule has 0 bridgehead atoms. The number of imide groups is 1. The van der Waals surface area contributed by atoms with Crippen molar-refractivity contribution in [1.29, 1.82) is 0 Å². The first kappa shape index (κ1) is 17.7. The number of hydrogen-bond donors (Lipinski definition) is 0. The van der Waals surface area contributed by atoms with Crippen LogP contribution in [0.2, 0.25) is 0 Å². The van der Waals surface area contributed by atoms with Gasteiger partial charge in [-0.05, 0) is 42.3 Å². The minimum atomic E-state index is -0.909. The van der Waals surface area contributed by atoms with E-state index in [9.17, 15) is 18.8 Å². The number of nitrogens with zero attached hydrogens (tertiary/aromatic N) is 3. The molecule has 0 aliphatic carbocycles. The zero-order valence-corrected chi connectivity index (χ0v) is 15.7. The van der Waals surface area contributed by atoms with E-state index in [1.807, 2.05) is 24.3 Å². The molecule has 3 aliphatic rings. The van der Waals surface area contributed by atoms with Gasteiger partial charge in [-0.1, -0.05) is 24.3 Å². The van der Waals surface area contributed by atoms with E-state index in [2.05, 4.69) is 5.10 Å². The van der Waals surface area contributed by atoms with Gasteiger partial charge in [-0.15, -0.1) is 0 Å². The molecule has 0 radical (unpaired) electrons. The van der Waals surface area contributed by atoms with Gasteiger partial charge >= 0.3 is 0 Å². The van der Waals surface area contributed by atoms with Crippen LogP contribution in [0.4, 0.5) is 4.39 Å². The minimum Gasteiger partial charge on any atom is -0.292 e. The van der Waals surface area contributed by atoms with Crippen LogP contribution in [0.25, 0.3) is 0 Å². The molecule has 2 aromatic carbocycles. The van der Waals surface area contributed by atoms with Crippen molar-refractivity contribution >= 4 is 23.8 Å². The monoisotopic (exact) mass is 391 g/mol. The van der Waals surface area contributed by atoms with E-state index in [-0.39, 0.29) is 24.1 Å². The van der Waals surface area contributed by atoms with Crippen LogP contribution < -0.4 is 0 Å². The van der Waals surface area contributed by atoms with Crippen molar-refractivity contribution < 1.29 is 18.8 Å². The number of hydrogen-bond acceptors (Lipinski definition) is 5. The van der Waals surface area contributed by atoms with Crippen LogP contribution in [0, 0.1) is 17.7 Å². The second-order valence-corrected chi connectivity index (χ2v) is 7.49. The van der Waals surface area contributed by atoms with E-state index in [1.165, 1.54) is 29.2 Å². The highest BCUT2D eigenvalue weighted by atomic mass is 19.1. The average Bonchev–Trinajstić information content (AvgIpc) is 3.21. The van der Waals surface area contributed by atoms with Crippen LogP contribution >= 0.6 is 0 Å². The van der Waals surface area contributed by atoms with Crippen molar-refractivity contribution in [2.24, 2.45) is 16.9 Å². The third-order valence-corrected chi connectivity index (χ3v) is 6.10. The molecule has 3 aliphatic heterocycles. The smallest absolute Gasteiger partial charge is 0.235 e. The molecule has 0 saturated carbocycles. The molecule has 146 valence electrons. The maximum Gasteiger partial charge on any atom is 0.235 e. The summed E-state index contributed by atoms with van der Waals surface area (Å²) in [5.41, 5.74) is 2.05. The number of likely N-dealkylation sites (tertiary alicyclic amines) is 1. The fourth-order valence-corrected chi connectivity index (χ4v) is 4.83. The van der Waals surface area contributed by atoms with Crippen LogP contribution in [0.5, 0.6) is 0 Å². The van der Waals surface area contributed by atoms with Gasteiger partial charge < -0.3 is 0 Å². The van der Waals surface area contributed by atoms with Crippen molar-refractivity contribution in [3.05, 3.63) is 71.0 Å². The number of Topliss-reactive ketones (excluding diaryl/α,β-unsaturated/α-hetero) is 1. The first-order valence-corrected chi connectivity index (χ1v) is 9.59. The SMILES string of the molecule is CCN1C(=O)[C@@H]2[C@H](C1=O)[C@H]1c3ccccc3C=NN1[C@H]2C(=O)c1ccc(F)cc1. The van der Waals surface area contributed by atoms with Gasteiger partial charge in [-0.3, -0.25) is 24.3 Å². The quantitative estimate of drug-likeness (QED) is 0.595. The molecule has 0 spiro atoms. The Kier molecular flexibility index (Phi) is 3.87. The standard InChI is InChI=1S/C22H18FN3O3/c1-2-25-21(28)16-17(22(25)29)19(20(27)12-7-9-14(23)10-8-12)26-18(16)15-6-4-3-5-13(15)11-24-26/h3-11,16-19H,2H2,1H3/t16-,17+,18+,19+/m0/s1. The minimum absolute atomic E-state index is 0.264. The summed E-state index contributed by atoms with van der Waals surface area (Å²) < 4.78 is 13.3. The predicted molar refractivity (Wildman–Crippen MR) is 103 cm³/mol. The molecule has 0 unspecified atom stereocenters. The predicted octanol–water partition coefficient (Wildman–Crippen LogP) is 2.40. The summed E-state index contributed by atoms with van der Waals surface area (Å²) in [5, 5.41) is 6.07. The Balaban J connectivity index is 1.65. The van der Waals surface area contributed by atoms with Gasteiger partial charge in [0.15, 0.2) is 5.78 Å². The molecule has 6 nitrogen and oxygen atoms in total. The van der Waals surface area contributed by atoms with E-state index in [0.29, 0.717) is 5.56 Å². The summed E-state index contributed by atoms with van der Waals surface area (Å²) in [6, 6.07) is 11.4. The molecule has 2 amide bonds. The molecule has 7 heteroatoms. The van der Waals surface area contributed by atoms with Crippen molar-refractivity contribution in [3.8, 4) is 0 Å². The third kappa shape index (κ3) is 2.40. The molecule has 29 heavy (non-hydrogen) atoms. The lowest BCUT2D eigenvalue weighted by Crippen LogP contribution is -2.44. The van der Waals surface area contributed by atoms with Crippen LogP contribution in [0.1, 0.15) is 34.5 Å². The number of fused-ring (bicyclic) bond motifs is 5. The maximum absolute atomic E-state index is 13.4. The number of carbonyl (C=O) groups is 3. The highest BCUT2D eigenvalue weighted by Crippen LogP contribution is 2.52. The lowest BCUT2D eigenvalue weighted by molar-refractivity contribution is -0.141. The van der Waals surface area contributed by atoms with Crippen LogP contribution in [-0.4, -0.2) is 46.3 Å². The fraction of sp³-hybridized carbons (Fsp3) is 0.273. The van der Waals surface area contributed by atoms with Crippen LogP contribution in [0.15, 0.2) is 53.6 Å². The Morgan fingerprint density at radius 3 is 2.45 bits per heavy atom. The number of benzene rings is 2. The summed E-state index contributed by atoms with van der Waals surface area (Å²) in [7, 11) is 0. The number of amides is 2. The van der Waals surface area contributed by atoms with Gasteiger partial charge in [-0.2, -0.15) is 5.10 Å². The number of rotatable bonds is 3. The Morgan fingerprint density at radius 1 is 1.03 bits per heavy atom. The van der Waals surface area contributed by atoms with Gasteiger partial charge in [0.25, 0.3) is 0 Å². The molecule has 2 aromatic rings. The molecule has 3 heterocycles. The highest BCUT2D eigenvalue weighted by Gasteiger charge is 2.64.